The van der Waals surface area contributed by atoms with Crippen LogP contribution in [0.15, 0.2) is 16.3 Å². The van der Waals surface area contributed by atoms with E-state index in [1.54, 1.807) is 13.0 Å². The highest BCUT2D eigenvalue weighted by atomic mass is 35.5. The molecule has 0 aliphatic carbocycles. The third kappa shape index (κ3) is 3.99. The summed E-state index contributed by atoms with van der Waals surface area (Å²) in [7, 11) is -3.52. The van der Waals surface area contributed by atoms with Crippen molar-refractivity contribution in [3.63, 3.8) is 0 Å². The maximum absolute atomic E-state index is 11.8. The number of hydrogen-bond donors (Lipinski definition) is 2. The summed E-state index contributed by atoms with van der Waals surface area (Å²) in [5, 5.41) is 0. The van der Waals surface area contributed by atoms with E-state index in [0.717, 1.165) is 11.3 Å². The lowest BCUT2D eigenvalue weighted by Crippen LogP contribution is -2.34. The number of sulfonamides is 1. The molecule has 0 aromatic carbocycles. The van der Waals surface area contributed by atoms with Crippen LogP contribution in [-0.2, 0) is 10.0 Å². The van der Waals surface area contributed by atoms with Crippen molar-refractivity contribution in [3.05, 3.63) is 16.5 Å². The summed E-state index contributed by atoms with van der Waals surface area (Å²) in [6, 6.07) is 2.67. The fraction of sp³-hybridized carbons (Fsp3) is 0.375. The minimum Gasteiger partial charge on any atom is -0.393 e. The molecule has 0 aliphatic rings. The van der Waals surface area contributed by atoms with Gasteiger partial charge in [0, 0.05) is 12.5 Å². The van der Waals surface area contributed by atoms with E-state index >= 15 is 0 Å². The Labute approximate surface area is 109 Å². The highest BCUT2D eigenvalue weighted by molar-refractivity contribution is 7.91. The second-order valence-electron chi connectivity index (χ2n) is 3.25. The standard InChI is InChI=1S/C8H11ClN2O2S3/c1-5(4-7(10)14)11-16(12,13)8-3-2-6(9)15-8/h2-3,5,11H,4H2,1H3,(H2,10,14). The van der Waals surface area contributed by atoms with Crippen LogP contribution in [0, 0.1) is 0 Å². The van der Waals surface area contributed by atoms with E-state index in [1.807, 2.05) is 0 Å². The summed E-state index contributed by atoms with van der Waals surface area (Å²) in [4.78, 5) is 0.277. The highest BCUT2D eigenvalue weighted by Gasteiger charge is 2.19. The predicted octanol–water partition coefficient (Wildman–Crippen LogP) is 1.74. The van der Waals surface area contributed by atoms with E-state index in [-0.39, 0.29) is 15.2 Å². The molecule has 1 aromatic heterocycles. The van der Waals surface area contributed by atoms with Crippen LogP contribution in [0.25, 0.3) is 0 Å². The summed E-state index contributed by atoms with van der Waals surface area (Å²) in [5.41, 5.74) is 5.33. The third-order valence-electron chi connectivity index (χ3n) is 1.68. The normalized spacial score (nSPS) is 13.6. The van der Waals surface area contributed by atoms with Gasteiger partial charge >= 0.3 is 0 Å². The number of nitrogens with two attached hydrogens (primary N) is 1. The van der Waals surface area contributed by atoms with Crippen molar-refractivity contribution in [3.8, 4) is 0 Å². The van der Waals surface area contributed by atoms with E-state index in [2.05, 4.69) is 4.72 Å². The van der Waals surface area contributed by atoms with Gasteiger partial charge in [0.1, 0.15) is 4.21 Å². The lowest BCUT2D eigenvalue weighted by atomic mass is 10.3. The van der Waals surface area contributed by atoms with Gasteiger partial charge in [-0.15, -0.1) is 11.3 Å². The average molecular weight is 299 g/mol. The summed E-state index contributed by atoms with van der Waals surface area (Å²) in [6.07, 6.45) is 0.327. The van der Waals surface area contributed by atoms with Crippen molar-refractivity contribution in [1.29, 1.82) is 0 Å². The summed E-state index contributed by atoms with van der Waals surface area (Å²) in [5.74, 6) is 0. The van der Waals surface area contributed by atoms with Crippen molar-refractivity contribution in [2.24, 2.45) is 5.73 Å². The molecule has 0 spiro atoms. The largest absolute Gasteiger partial charge is 0.393 e. The smallest absolute Gasteiger partial charge is 0.250 e. The molecule has 16 heavy (non-hydrogen) atoms. The zero-order chi connectivity index (χ0) is 12.3. The Morgan fingerprint density at radius 3 is 2.75 bits per heavy atom. The van der Waals surface area contributed by atoms with Gasteiger partial charge in [-0.2, -0.15) is 0 Å². The summed E-state index contributed by atoms with van der Waals surface area (Å²) < 4.78 is 26.7. The molecule has 90 valence electrons. The van der Waals surface area contributed by atoms with Crippen LogP contribution < -0.4 is 10.5 Å². The maximum atomic E-state index is 11.8. The van der Waals surface area contributed by atoms with E-state index in [9.17, 15) is 8.42 Å². The molecule has 3 N–H and O–H groups in total. The van der Waals surface area contributed by atoms with Gasteiger partial charge in [-0.05, 0) is 19.1 Å². The molecule has 0 bridgehead atoms. The van der Waals surface area contributed by atoms with E-state index in [4.69, 9.17) is 29.6 Å². The molecule has 4 nitrogen and oxygen atoms in total. The Hall–Kier alpha value is -0.210. The zero-order valence-corrected chi connectivity index (χ0v) is 11.6. The molecule has 8 heteroatoms. The Morgan fingerprint density at radius 1 is 1.69 bits per heavy atom. The molecule has 0 fully saturated rings. The Kier molecular flexibility index (Phi) is 4.69. The molecule has 1 unspecified atom stereocenters. The number of thiocarbonyl (C=S) groups is 1. The predicted molar refractivity (Wildman–Crippen MR) is 70.5 cm³/mol. The number of halogens is 1. The zero-order valence-electron chi connectivity index (χ0n) is 8.44. The van der Waals surface area contributed by atoms with Crippen LogP contribution in [0.4, 0.5) is 0 Å². The molecule has 1 rings (SSSR count). The number of rotatable bonds is 5. The molecule has 1 aromatic rings. The molecular weight excluding hydrogens is 288 g/mol. The minimum atomic E-state index is -3.52. The van der Waals surface area contributed by atoms with Gasteiger partial charge in [0.15, 0.2) is 0 Å². The number of nitrogens with one attached hydrogen (secondary N) is 1. The van der Waals surface area contributed by atoms with Crippen LogP contribution in [-0.4, -0.2) is 19.4 Å². The number of thiophene rings is 1. The van der Waals surface area contributed by atoms with Gasteiger partial charge in [0.05, 0.1) is 9.32 Å². The SMILES string of the molecule is CC(CC(N)=S)NS(=O)(=O)c1ccc(Cl)s1. The van der Waals surface area contributed by atoms with Gasteiger partial charge in [0.2, 0.25) is 10.0 Å². The van der Waals surface area contributed by atoms with E-state index in [0.29, 0.717) is 10.8 Å². The first-order valence-corrected chi connectivity index (χ1v) is 7.46. The van der Waals surface area contributed by atoms with Crippen molar-refractivity contribution >= 4 is 50.2 Å². The van der Waals surface area contributed by atoms with Gasteiger partial charge in [-0.25, -0.2) is 13.1 Å². The molecule has 1 heterocycles. The third-order valence-corrected chi connectivity index (χ3v) is 5.16. The summed E-state index contributed by atoms with van der Waals surface area (Å²) in [6.45, 7) is 1.70. The maximum Gasteiger partial charge on any atom is 0.250 e. The molecule has 0 radical (unpaired) electrons. The fourth-order valence-electron chi connectivity index (χ4n) is 1.11. The first-order chi connectivity index (χ1) is 7.31. The lowest BCUT2D eigenvalue weighted by molar-refractivity contribution is 0.567. The van der Waals surface area contributed by atoms with Crippen LogP contribution in [0.5, 0.6) is 0 Å². The Balaban J connectivity index is 2.76. The highest BCUT2D eigenvalue weighted by Crippen LogP contribution is 2.25. The molecule has 1 atom stereocenters. The fourth-order valence-corrected chi connectivity index (χ4v) is 4.10. The average Bonchev–Trinajstić information content (AvgIpc) is 2.49. The van der Waals surface area contributed by atoms with Crippen molar-refractivity contribution in [1.82, 2.24) is 4.72 Å². The van der Waals surface area contributed by atoms with Crippen molar-refractivity contribution in [2.45, 2.75) is 23.6 Å². The van der Waals surface area contributed by atoms with Crippen LogP contribution in [0.2, 0.25) is 4.34 Å². The molecule has 0 aliphatic heterocycles. The summed E-state index contributed by atoms with van der Waals surface area (Å²) >= 11 is 11.4. The monoisotopic (exact) mass is 298 g/mol. The van der Waals surface area contributed by atoms with Crippen LogP contribution in [0.3, 0.4) is 0 Å². The Bertz CT molecular complexity index is 483. The van der Waals surface area contributed by atoms with Crippen LogP contribution >= 0.6 is 35.2 Å². The molecule has 0 saturated carbocycles. The Morgan fingerprint density at radius 2 is 2.31 bits per heavy atom. The molecular formula is C8H11ClN2O2S3. The van der Waals surface area contributed by atoms with Crippen molar-refractivity contribution < 1.29 is 8.42 Å². The van der Waals surface area contributed by atoms with E-state index < -0.39 is 10.0 Å². The van der Waals surface area contributed by atoms with Crippen molar-refractivity contribution in [2.75, 3.05) is 0 Å². The minimum absolute atomic E-state index is 0.187. The quantitative estimate of drug-likeness (QED) is 0.812. The van der Waals surface area contributed by atoms with E-state index in [1.165, 1.54) is 6.07 Å². The molecule has 0 amide bonds. The second-order valence-corrected chi connectivity index (χ2v) is 7.43. The first kappa shape index (κ1) is 13.9. The topological polar surface area (TPSA) is 72.2 Å². The second kappa shape index (κ2) is 5.42. The lowest BCUT2D eigenvalue weighted by Gasteiger charge is -2.11. The number of hydrogen-bond acceptors (Lipinski definition) is 4. The van der Waals surface area contributed by atoms with Gasteiger partial charge in [-0.1, -0.05) is 23.8 Å². The van der Waals surface area contributed by atoms with Gasteiger partial charge in [-0.3, -0.25) is 0 Å². The van der Waals surface area contributed by atoms with Crippen LogP contribution in [0.1, 0.15) is 13.3 Å². The first-order valence-electron chi connectivity index (χ1n) is 4.37. The van der Waals surface area contributed by atoms with Gasteiger partial charge in [0.25, 0.3) is 0 Å². The van der Waals surface area contributed by atoms with Gasteiger partial charge < -0.3 is 5.73 Å². The molecule has 0 saturated heterocycles.